The largest absolute Gasteiger partial charge is 0.479 e. The Kier molecular flexibility index (Phi) is 7.46. The van der Waals surface area contributed by atoms with E-state index in [1.807, 2.05) is 0 Å². The van der Waals surface area contributed by atoms with E-state index in [1.165, 1.54) is 56.5 Å². The third kappa shape index (κ3) is 6.06. The molecule has 2 rings (SSSR count). The van der Waals surface area contributed by atoms with Crippen LogP contribution >= 0.6 is 0 Å². The predicted molar refractivity (Wildman–Crippen MR) is 97.4 cm³/mol. The van der Waals surface area contributed by atoms with E-state index in [1.54, 1.807) is 6.07 Å². The Bertz CT molecular complexity index is 834. The quantitative estimate of drug-likeness (QED) is 0.211. The summed E-state index contributed by atoms with van der Waals surface area (Å²) < 4.78 is 20.5. The van der Waals surface area contributed by atoms with Gasteiger partial charge in [0.05, 0.1) is 17.1 Å². The van der Waals surface area contributed by atoms with Gasteiger partial charge in [0.1, 0.15) is 18.1 Å². The van der Waals surface area contributed by atoms with Crippen molar-refractivity contribution >= 4 is 17.6 Å². The van der Waals surface area contributed by atoms with Crippen LogP contribution in [0.4, 0.5) is 5.69 Å². The molecule has 1 unspecified atom stereocenters. The van der Waals surface area contributed by atoms with Gasteiger partial charge in [-0.1, -0.05) is 6.07 Å². The van der Waals surface area contributed by atoms with Gasteiger partial charge in [-0.2, -0.15) is 0 Å². The Morgan fingerprint density at radius 2 is 1.79 bits per heavy atom. The first-order valence-corrected chi connectivity index (χ1v) is 8.29. The average molecular weight is 389 g/mol. The Morgan fingerprint density at radius 3 is 2.43 bits per heavy atom. The minimum absolute atomic E-state index is 0.0863. The van der Waals surface area contributed by atoms with Crippen molar-refractivity contribution in [1.82, 2.24) is 0 Å². The molecule has 0 saturated heterocycles. The number of rotatable bonds is 9. The molecule has 28 heavy (non-hydrogen) atoms. The number of hydrogen-bond donors (Lipinski definition) is 0. The second-order valence-electron chi connectivity index (χ2n) is 5.59. The first kappa shape index (κ1) is 20.8. The molecule has 0 bridgehead atoms. The SMILES string of the molecule is COCCOC(=O)c1cccc(OC(=O)C(C)Oc2ccc([N+](=O)[O-])cc2)c1. The number of non-ortho nitro benzene ring substituents is 1. The maximum Gasteiger partial charge on any atom is 0.352 e. The van der Waals surface area contributed by atoms with E-state index in [0.29, 0.717) is 0 Å². The van der Waals surface area contributed by atoms with Gasteiger partial charge in [-0.05, 0) is 37.3 Å². The van der Waals surface area contributed by atoms with Crippen LogP contribution in [0.5, 0.6) is 11.5 Å². The van der Waals surface area contributed by atoms with Crippen molar-refractivity contribution in [1.29, 1.82) is 0 Å². The summed E-state index contributed by atoms with van der Waals surface area (Å²) in [5, 5.41) is 10.6. The maximum absolute atomic E-state index is 12.2. The first-order valence-electron chi connectivity index (χ1n) is 8.29. The van der Waals surface area contributed by atoms with Crippen LogP contribution in [-0.4, -0.2) is 43.3 Å². The monoisotopic (exact) mass is 389 g/mol. The molecule has 9 nitrogen and oxygen atoms in total. The highest BCUT2D eigenvalue weighted by molar-refractivity contribution is 5.90. The number of esters is 2. The summed E-state index contributed by atoms with van der Waals surface area (Å²) in [7, 11) is 1.49. The zero-order valence-electron chi connectivity index (χ0n) is 15.3. The number of benzene rings is 2. The molecule has 0 aliphatic rings. The number of carbonyl (C=O) groups is 2. The second kappa shape index (κ2) is 10.0. The zero-order valence-corrected chi connectivity index (χ0v) is 15.3. The van der Waals surface area contributed by atoms with E-state index in [2.05, 4.69) is 0 Å². The molecule has 0 aliphatic heterocycles. The minimum atomic E-state index is -0.973. The van der Waals surface area contributed by atoms with Crippen LogP contribution in [-0.2, 0) is 14.3 Å². The number of hydrogen-bond acceptors (Lipinski definition) is 8. The molecule has 0 spiro atoms. The van der Waals surface area contributed by atoms with Crippen LogP contribution in [0.1, 0.15) is 17.3 Å². The second-order valence-corrected chi connectivity index (χ2v) is 5.59. The maximum atomic E-state index is 12.2. The fourth-order valence-electron chi connectivity index (χ4n) is 2.09. The number of methoxy groups -OCH3 is 1. The van der Waals surface area contributed by atoms with Gasteiger partial charge in [0.15, 0.2) is 6.10 Å². The van der Waals surface area contributed by atoms with Crippen molar-refractivity contribution in [2.75, 3.05) is 20.3 Å². The average Bonchev–Trinajstić information content (AvgIpc) is 2.68. The zero-order chi connectivity index (χ0) is 20.5. The van der Waals surface area contributed by atoms with E-state index in [0.717, 1.165) is 0 Å². The fourth-order valence-corrected chi connectivity index (χ4v) is 2.09. The highest BCUT2D eigenvalue weighted by Crippen LogP contribution is 2.20. The van der Waals surface area contributed by atoms with Gasteiger partial charge < -0.3 is 18.9 Å². The molecule has 0 heterocycles. The third-order valence-electron chi connectivity index (χ3n) is 3.50. The van der Waals surface area contributed by atoms with Crippen LogP contribution in [0.2, 0.25) is 0 Å². The van der Waals surface area contributed by atoms with Crippen LogP contribution < -0.4 is 9.47 Å². The summed E-state index contributed by atoms with van der Waals surface area (Å²) in [5.41, 5.74) is 0.141. The van der Waals surface area contributed by atoms with Crippen LogP contribution in [0, 0.1) is 10.1 Å². The lowest BCUT2D eigenvalue weighted by Crippen LogP contribution is -2.28. The molecule has 148 valence electrons. The Labute approximate surface area is 160 Å². The van der Waals surface area contributed by atoms with Crippen LogP contribution in [0.15, 0.2) is 48.5 Å². The fraction of sp³-hybridized carbons (Fsp3) is 0.263. The summed E-state index contributed by atoms with van der Waals surface area (Å²) in [4.78, 5) is 34.2. The molecule has 1 atom stereocenters. The van der Waals surface area contributed by atoms with Gasteiger partial charge >= 0.3 is 11.9 Å². The van der Waals surface area contributed by atoms with E-state index in [4.69, 9.17) is 18.9 Å². The van der Waals surface area contributed by atoms with Crippen molar-refractivity contribution in [2.45, 2.75) is 13.0 Å². The van der Waals surface area contributed by atoms with Crippen molar-refractivity contribution in [3.05, 3.63) is 64.2 Å². The smallest absolute Gasteiger partial charge is 0.352 e. The van der Waals surface area contributed by atoms with E-state index >= 15 is 0 Å². The molecule has 9 heteroatoms. The Balaban J connectivity index is 1.95. The van der Waals surface area contributed by atoms with E-state index in [-0.39, 0.29) is 36.0 Å². The molecule has 2 aromatic rings. The summed E-state index contributed by atoms with van der Waals surface area (Å²) in [5.74, 6) is -0.816. The highest BCUT2D eigenvalue weighted by Gasteiger charge is 2.19. The third-order valence-corrected chi connectivity index (χ3v) is 3.50. The molecule has 0 fully saturated rings. The van der Waals surface area contributed by atoms with Gasteiger partial charge in [-0.25, -0.2) is 9.59 Å². The van der Waals surface area contributed by atoms with Crippen molar-refractivity contribution < 1.29 is 33.5 Å². The Hall–Kier alpha value is -3.46. The van der Waals surface area contributed by atoms with Crippen molar-refractivity contribution in [3.8, 4) is 11.5 Å². The van der Waals surface area contributed by atoms with E-state index in [9.17, 15) is 19.7 Å². The molecule has 2 aromatic carbocycles. The molecule has 0 saturated carbocycles. The lowest BCUT2D eigenvalue weighted by Gasteiger charge is -2.14. The number of nitro groups is 1. The van der Waals surface area contributed by atoms with Gasteiger partial charge in [0.25, 0.3) is 5.69 Å². The predicted octanol–water partition coefficient (Wildman–Crippen LogP) is 2.77. The molecular weight excluding hydrogens is 370 g/mol. The lowest BCUT2D eigenvalue weighted by molar-refractivity contribution is -0.384. The molecule has 0 radical (unpaired) electrons. The van der Waals surface area contributed by atoms with Crippen molar-refractivity contribution in [2.24, 2.45) is 0 Å². The molecule has 0 N–H and O–H groups in total. The van der Waals surface area contributed by atoms with Gasteiger partial charge in [-0.15, -0.1) is 0 Å². The summed E-state index contributed by atoms with van der Waals surface area (Å²) >= 11 is 0. The highest BCUT2D eigenvalue weighted by atomic mass is 16.6. The standard InChI is InChI=1S/C19H19NO8/c1-13(27-16-8-6-15(7-9-16)20(23)24)18(21)28-17-5-3-4-14(12-17)19(22)26-11-10-25-2/h3-9,12-13H,10-11H2,1-2H3. The minimum Gasteiger partial charge on any atom is -0.479 e. The van der Waals surface area contributed by atoms with Gasteiger partial charge in [0.2, 0.25) is 0 Å². The van der Waals surface area contributed by atoms with Gasteiger partial charge in [0, 0.05) is 19.2 Å². The van der Waals surface area contributed by atoms with Crippen LogP contribution in [0.25, 0.3) is 0 Å². The lowest BCUT2D eigenvalue weighted by atomic mass is 10.2. The molecular formula is C19H19NO8. The Morgan fingerprint density at radius 1 is 1.07 bits per heavy atom. The summed E-state index contributed by atoms with van der Waals surface area (Å²) in [6, 6.07) is 11.3. The number of carbonyl (C=O) groups excluding carboxylic acids is 2. The number of nitro benzene ring substituents is 1. The molecule has 0 amide bonds. The summed E-state index contributed by atoms with van der Waals surface area (Å²) in [6.07, 6.45) is -0.973. The first-order chi connectivity index (χ1) is 13.4. The number of ether oxygens (including phenoxy) is 4. The van der Waals surface area contributed by atoms with E-state index < -0.39 is 23.0 Å². The normalized spacial score (nSPS) is 11.4. The molecule has 0 aromatic heterocycles. The van der Waals surface area contributed by atoms with Gasteiger partial charge in [-0.3, -0.25) is 10.1 Å². The molecule has 0 aliphatic carbocycles. The van der Waals surface area contributed by atoms with Crippen LogP contribution in [0.3, 0.4) is 0 Å². The topological polar surface area (TPSA) is 114 Å². The van der Waals surface area contributed by atoms with Crippen molar-refractivity contribution in [3.63, 3.8) is 0 Å². The number of nitrogens with zero attached hydrogens (tertiary/aromatic N) is 1. The summed E-state index contributed by atoms with van der Waals surface area (Å²) in [6.45, 7) is 1.87.